The van der Waals surface area contributed by atoms with Crippen LogP contribution < -0.4 is 0 Å². The molecule has 0 saturated heterocycles. The molecule has 2 N–H and O–H groups in total. The van der Waals surface area contributed by atoms with E-state index in [1.807, 2.05) is 36.4 Å². The Balaban J connectivity index is 1.55. The average molecular weight is 309 g/mol. The number of nitrogens with one attached hydrogen (secondary N) is 1. The molecule has 0 aliphatic carbocycles. The summed E-state index contributed by atoms with van der Waals surface area (Å²) in [5, 5.41) is 9.28. The molecule has 118 valence electrons. The number of aliphatic hydroxyl groups excluding tert-OH is 1. The van der Waals surface area contributed by atoms with Crippen LogP contribution in [-0.4, -0.2) is 26.5 Å². The molecule has 3 aromatic rings. The van der Waals surface area contributed by atoms with Gasteiger partial charge in [-0.3, -0.25) is 4.90 Å². The molecule has 3 heterocycles. The number of nitrogens with zero attached hydrogens (tertiary/aromatic N) is 2. The van der Waals surface area contributed by atoms with Crippen molar-refractivity contribution in [1.29, 1.82) is 0 Å². The fourth-order valence-electron chi connectivity index (χ4n) is 3.06. The Kier molecular flexibility index (Phi) is 3.73. The summed E-state index contributed by atoms with van der Waals surface area (Å²) in [5.41, 5.74) is 4.23. The molecule has 0 bridgehead atoms. The third-order valence-electron chi connectivity index (χ3n) is 4.25. The summed E-state index contributed by atoms with van der Waals surface area (Å²) in [6.07, 6.45) is 2.65. The highest BCUT2D eigenvalue weighted by Crippen LogP contribution is 2.24. The molecule has 2 aromatic heterocycles. The van der Waals surface area contributed by atoms with E-state index in [4.69, 9.17) is 9.40 Å². The van der Waals surface area contributed by atoms with Gasteiger partial charge < -0.3 is 14.5 Å². The van der Waals surface area contributed by atoms with Crippen molar-refractivity contribution in [2.24, 2.45) is 0 Å². The number of fused-ring (bicyclic) bond motifs is 1. The Labute approximate surface area is 134 Å². The first-order chi connectivity index (χ1) is 11.3. The fourth-order valence-corrected chi connectivity index (χ4v) is 3.06. The van der Waals surface area contributed by atoms with Gasteiger partial charge in [0, 0.05) is 25.1 Å². The highest BCUT2D eigenvalue weighted by molar-refractivity contribution is 5.57. The first-order valence-electron chi connectivity index (χ1n) is 7.84. The number of furan rings is 1. The van der Waals surface area contributed by atoms with Gasteiger partial charge in [-0.25, -0.2) is 4.98 Å². The number of benzene rings is 1. The fraction of sp³-hybridized carbons (Fsp3) is 0.278. The Morgan fingerprint density at radius 1 is 1.26 bits per heavy atom. The number of imidazole rings is 1. The lowest BCUT2D eigenvalue weighted by atomic mass is 10.1. The first-order valence-corrected chi connectivity index (χ1v) is 7.84. The molecule has 0 fully saturated rings. The summed E-state index contributed by atoms with van der Waals surface area (Å²) in [6, 6.07) is 11.8. The van der Waals surface area contributed by atoms with Crippen LogP contribution in [-0.2, 0) is 26.1 Å². The molecule has 0 unspecified atom stereocenters. The number of aromatic nitrogens is 2. The third-order valence-corrected chi connectivity index (χ3v) is 4.25. The van der Waals surface area contributed by atoms with E-state index in [0.29, 0.717) is 0 Å². The average Bonchev–Trinajstić information content (AvgIpc) is 3.24. The molecule has 1 aromatic carbocycles. The van der Waals surface area contributed by atoms with Crippen LogP contribution in [0.25, 0.3) is 11.4 Å². The van der Waals surface area contributed by atoms with Crippen LogP contribution in [0.15, 0.2) is 47.1 Å². The normalized spacial score (nSPS) is 14.8. The van der Waals surface area contributed by atoms with E-state index >= 15 is 0 Å². The first kappa shape index (κ1) is 14.2. The molecular formula is C18H19N3O2. The van der Waals surface area contributed by atoms with Crippen LogP contribution in [0.3, 0.4) is 0 Å². The maximum absolute atomic E-state index is 9.28. The molecule has 5 nitrogen and oxygen atoms in total. The maximum Gasteiger partial charge on any atom is 0.137 e. The van der Waals surface area contributed by atoms with E-state index in [-0.39, 0.29) is 6.61 Å². The van der Waals surface area contributed by atoms with Gasteiger partial charge in [-0.1, -0.05) is 18.2 Å². The van der Waals surface area contributed by atoms with E-state index in [0.717, 1.165) is 54.5 Å². The summed E-state index contributed by atoms with van der Waals surface area (Å²) < 4.78 is 5.43. The molecule has 4 rings (SSSR count). The monoisotopic (exact) mass is 309 g/mol. The van der Waals surface area contributed by atoms with Crippen LogP contribution in [0, 0.1) is 0 Å². The van der Waals surface area contributed by atoms with Gasteiger partial charge in [0.2, 0.25) is 0 Å². The largest absolute Gasteiger partial charge is 0.468 e. The van der Waals surface area contributed by atoms with Crippen LogP contribution in [0.4, 0.5) is 0 Å². The van der Waals surface area contributed by atoms with Gasteiger partial charge in [-0.2, -0.15) is 0 Å². The minimum Gasteiger partial charge on any atom is -0.468 e. The minimum atomic E-state index is 0.0468. The van der Waals surface area contributed by atoms with Crippen molar-refractivity contribution in [3.8, 4) is 11.4 Å². The molecule has 0 amide bonds. The zero-order valence-corrected chi connectivity index (χ0v) is 12.8. The highest BCUT2D eigenvalue weighted by Gasteiger charge is 2.21. The van der Waals surface area contributed by atoms with Crippen molar-refractivity contribution in [1.82, 2.24) is 14.9 Å². The van der Waals surface area contributed by atoms with Crippen molar-refractivity contribution in [3.05, 3.63) is 65.4 Å². The molecule has 0 radical (unpaired) electrons. The Morgan fingerprint density at radius 3 is 3.04 bits per heavy atom. The van der Waals surface area contributed by atoms with Crippen LogP contribution in [0.1, 0.15) is 22.7 Å². The molecular weight excluding hydrogens is 290 g/mol. The SMILES string of the molecule is OCc1cccc(-c2nc3c([nH]2)CN(Cc2ccco2)CC3)c1. The highest BCUT2D eigenvalue weighted by atomic mass is 16.3. The summed E-state index contributed by atoms with van der Waals surface area (Å²) in [6.45, 7) is 2.70. The van der Waals surface area contributed by atoms with Gasteiger partial charge in [-0.15, -0.1) is 0 Å². The summed E-state index contributed by atoms with van der Waals surface area (Å²) in [5.74, 6) is 1.87. The summed E-state index contributed by atoms with van der Waals surface area (Å²) in [4.78, 5) is 10.5. The molecule has 1 aliphatic heterocycles. The van der Waals surface area contributed by atoms with Crippen molar-refractivity contribution in [3.63, 3.8) is 0 Å². The smallest absolute Gasteiger partial charge is 0.137 e. The number of aliphatic hydroxyl groups is 1. The van der Waals surface area contributed by atoms with E-state index < -0.39 is 0 Å². The summed E-state index contributed by atoms with van der Waals surface area (Å²) >= 11 is 0. The minimum absolute atomic E-state index is 0.0468. The molecule has 5 heteroatoms. The lowest BCUT2D eigenvalue weighted by molar-refractivity contribution is 0.222. The number of H-pyrrole nitrogens is 1. The van der Waals surface area contributed by atoms with Gasteiger partial charge in [0.25, 0.3) is 0 Å². The van der Waals surface area contributed by atoms with Crippen molar-refractivity contribution < 1.29 is 9.52 Å². The zero-order chi connectivity index (χ0) is 15.6. The number of rotatable bonds is 4. The van der Waals surface area contributed by atoms with E-state index in [9.17, 15) is 5.11 Å². The Bertz CT molecular complexity index is 792. The van der Waals surface area contributed by atoms with Gasteiger partial charge in [0.1, 0.15) is 11.6 Å². The second-order valence-electron chi connectivity index (χ2n) is 5.91. The topological polar surface area (TPSA) is 65.3 Å². The quantitative estimate of drug-likeness (QED) is 0.778. The van der Waals surface area contributed by atoms with Gasteiger partial charge >= 0.3 is 0 Å². The van der Waals surface area contributed by atoms with Crippen LogP contribution >= 0.6 is 0 Å². The number of aromatic amines is 1. The molecule has 0 atom stereocenters. The van der Waals surface area contributed by atoms with E-state index in [1.54, 1.807) is 6.26 Å². The lowest BCUT2D eigenvalue weighted by Crippen LogP contribution is -2.29. The van der Waals surface area contributed by atoms with Crippen LogP contribution in [0.5, 0.6) is 0 Å². The van der Waals surface area contributed by atoms with E-state index in [1.165, 1.54) is 5.69 Å². The molecule has 1 aliphatic rings. The van der Waals surface area contributed by atoms with E-state index in [2.05, 4.69) is 9.88 Å². The van der Waals surface area contributed by atoms with Gasteiger partial charge in [0.15, 0.2) is 0 Å². The van der Waals surface area contributed by atoms with Crippen molar-refractivity contribution in [2.75, 3.05) is 6.54 Å². The number of hydrogen-bond acceptors (Lipinski definition) is 4. The standard InChI is InChI=1S/C18H19N3O2/c22-12-13-3-1-4-14(9-13)18-19-16-6-7-21(11-17(16)20-18)10-15-5-2-8-23-15/h1-5,8-9,22H,6-7,10-12H2,(H,19,20). The zero-order valence-electron chi connectivity index (χ0n) is 12.8. The van der Waals surface area contributed by atoms with Crippen molar-refractivity contribution in [2.45, 2.75) is 26.1 Å². The molecule has 0 saturated carbocycles. The second-order valence-corrected chi connectivity index (χ2v) is 5.91. The molecule has 23 heavy (non-hydrogen) atoms. The summed E-state index contributed by atoms with van der Waals surface area (Å²) in [7, 11) is 0. The number of hydrogen-bond donors (Lipinski definition) is 2. The van der Waals surface area contributed by atoms with Gasteiger partial charge in [0.05, 0.1) is 30.8 Å². The third kappa shape index (κ3) is 2.93. The Hall–Kier alpha value is -2.37. The van der Waals surface area contributed by atoms with Gasteiger partial charge in [-0.05, 0) is 23.8 Å². The maximum atomic E-state index is 9.28. The lowest BCUT2D eigenvalue weighted by Gasteiger charge is -2.24. The Morgan fingerprint density at radius 2 is 2.22 bits per heavy atom. The van der Waals surface area contributed by atoms with Crippen LogP contribution in [0.2, 0.25) is 0 Å². The van der Waals surface area contributed by atoms with Crippen molar-refractivity contribution >= 4 is 0 Å². The molecule has 0 spiro atoms. The predicted octanol–water partition coefficient (Wildman–Crippen LogP) is 2.72. The predicted molar refractivity (Wildman–Crippen MR) is 86.5 cm³/mol. The second kappa shape index (κ2) is 6.02.